The van der Waals surface area contributed by atoms with Crippen molar-refractivity contribution in [2.75, 3.05) is 6.54 Å². The van der Waals surface area contributed by atoms with E-state index in [2.05, 4.69) is 33.0 Å². The largest absolute Gasteiger partial charge is 0.457 e. The summed E-state index contributed by atoms with van der Waals surface area (Å²) in [4.78, 5) is 0. The van der Waals surface area contributed by atoms with Gasteiger partial charge >= 0.3 is 0 Å². The first-order chi connectivity index (χ1) is 8.90. The average molecular weight is 263 g/mol. The second kappa shape index (κ2) is 5.33. The first-order valence-electron chi connectivity index (χ1n) is 6.82. The van der Waals surface area contributed by atoms with E-state index in [1.807, 2.05) is 12.1 Å². The van der Waals surface area contributed by atoms with Crippen molar-refractivity contribution < 1.29 is 8.81 Å². The summed E-state index contributed by atoms with van der Waals surface area (Å²) in [6, 6.07) is 7.46. The molecule has 3 heteroatoms. The Balaban J connectivity index is 2.20. The lowest BCUT2D eigenvalue weighted by Gasteiger charge is -2.22. The van der Waals surface area contributed by atoms with Crippen molar-refractivity contribution in [2.45, 2.75) is 45.6 Å². The molecule has 0 saturated carbocycles. The summed E-state index contributed by atoms with van der Waals surface area (Å²) < 4.78 is 19.4. The number of rotatable bonds is 5. The maximum Gasteiger partial charge on any atom is 0.169 e. The Morgan fingerprint density at radius 3 is 2.68 bits per heavy atom. The Hall–Kier alpha value is -1.35. The number of furan rings is 1. The zero-order valence-corrected chi connectivity index (χ0v) is 12.1. The minimum absolute atomic E-state index is 0.104. The molecule has 2 rings (SSSR count). The fourth-order valence-electron chi connectivity index (χ4n) is 2.16. The molecule has 1 aromatic carbocycles. The van der Waals surface area contributed by atoms with Crippen LogP contribution in [0, 0.1) is 5.82 Å². The van der Waals surface area contributed by atoms with E-state index in [1.54, 1.807) is 6.07 Å². The third-order valence-electron chi connectivity index (χ3n) is 3.47. The predicted molar refractivity (Wildman–Crippen MR) is 77.0 cm³/mol. The van der Waals surface area contributed by atoms with Gasteiger partial charge in [-0.2, -0.15) is 0 Å². The molecule has 1 aromatic heterocycles. The summed E-state index contributed by atoms with van der Waals surface area (Å²) in [5.41, 5.74) is 0.260. The first-order valence-corrected chi connectivity index (χ1v) is 6.82. The van der Waals surface area contributed by atoms with E-state index in [4.69, 9.17) is 4.42 Å². The molecule has 1 N–H and O–H groups in total. The molecule has 0 unspecified atom stereocenters. The maximum absolute atomic E-state index is 13.6. The molecule has 0 radical (unpaired) electrons. The van der Waals surface area contributed by atoms with Gasteiger partial charge in [-0.25, -0.2) is 4.39 Å². The molecule has 0 saturated heterocycles. The van der Waals surface area contributed by atoms with Gasteiger partial charge in [0.25, 0.3) is 0 Å². The number of hydrogen-bond donors (Lipinski definition) is 1. The lowest BCUT2D eigenvalue weighted by molar-refractivity contribution is 0.362. The molecule has 0 aliphatic heterocycles. The molecule has 104 valence electrons. The highest BCUT2D eigenvalue weighted by molar-refractivity contribution is 5.78. The van der Waals surface area contributed by atoms with E-state index in [9.17, 15) is 4.39 Å². The van der Waals surface area contributed by atoms with E-state index < -0.39 is 0 Å². The lowest BCUT2D eigenvalue weighted by atomic mass is 9.86. The zero-order chi connectivity index (χ0) is 14.0. The van der Waals surface area contributed by atoms with Crippen LogP contribution in [-0.4, -0.2) is 12.6 Å². The van der Waals surface area contributed by atoms with Crippen molar-refractivity contribution >= 4 is 11.0 Å². The van der Waals surface area contributed by atoms with Gasteiger partial charge in [0.2, 0.25) is 0 Å². The fraction of sp³-hybridized carbons (Fsp3) is 0.500. The molecule has 1 heterocycles. The molecule has 2 aromatic rings. The third-order valence-corrected chi connectivity index (χ3v) is 3.47. The van der Waals surface area contributed by atoms with Crippen LogP contribution in [0.25, 0.3) is 11.0 Å². The van der Waals surface area contributed by atoms with Crippen LogP contribution in [0.5, 0.6) is 0 Å². The molecular weight excluding hydrogens is 241 g/mol. The van der Waals surface area contributed by atoms with Gasteiger partial charge in [-0.15, -0.1) is 0 Å². The van der Waals surface area contributed by atoms with Crippen molar-refractivity contribution in [1.29, 1.82) is 0 Å². The molecule has 0 bridgehead atoms. The van der Waals surface area contributed by atoms with Gasteiger partial charge in [0.05, 0.1) is 0 Å². The van der Waals surface area contributed by atoms with Crippen LogP contribution in [0.3, 0.4) is 0 Å². The number of halogens is 1. The molecule has 19 heavy (non-hydrogen) atoms. The van der Waals surface area contributed by atoms with E-state index in [0.717, 1.165) is 24.1 Å². The summed E-state index contributed by atoms with van der Waals surface area (Å²) in [7, 11) is 0. The van der Waals surface area contributed by atoms with Crippen LogP contribution in [0.4, 0.5) is 4.39 Å². The van der Waals surface area contributed by atoms with Crippen LogP contribution in [0.15, 0.2) is 28.7 Å². The smallest absolute Gasteiger partial charge is 0.169 e. The summed E-state index contributed by atoms with van der Waals surface area (Å²) in [6.07, 6.45) is 0.951. The van der Waals surface area contributed by atoms with Gasteiger partial charge in [0, 0.05) is 16.8 Å². The van der Waals surface area contributed by atoms with Gasteiger partial charge in [0.15, 0.2) is 11.4 Å². The van der Waals surface area contributed by atoms with Crippen molar-refractivity contribution in [3.8, 4) is 0 Å². The fourth-order valence-corrected chi connectivity index (χ4v) is 2.16. The quantitative estimate of drug-likeness (QED) is 0.873. The Bertz CT molecular complexity index is 557. The molecule has 0 aliphatic carbocycles. The number of fused-ring (bicyclic) bond motifs is 1. The summed E-state index contributed by atoms with van der Waals surface area (Å²) in [5, 5.41) is 4.23. The number of nitrogens with one attached hydrogen (secondary N) is 1. The van der Waals surface area contributed by atoms with Gasteiger partial charge in [-0.1, -0.05) is 39.8 Å². The maximum atomic E-state index is 13.6. The topological polar surface area (TPSA) is 25.2 Å². The second-order valence-corrected chi connectivity index (χ2v) is 6.01. The van der Waals surface area contributed by atoms with Crippen LogP contribution in [0.1, 0.15) is 39.9 Å². The van der Waals surface area contributed by atoms with E-state index in [-0.39, 0.29) is 11.2 Å². The number of hydrogen-bond acceptors (Lipinski definition) is 2. The van der Waals surface area contributed by atoms with Crippen molar-refractivity contribution in [3.05, 3.63) is 35.8 Å². The monoisotopic (exact) mass is 263 g/mol. The van der Waals surface area contributed by atoms with E-state index >= 15 is 0 Å². The minimum atomic E-state index is -0.292. The molecular formula is C16H22FNO. The number of benzene rings is 1. The standard InChI is InChI=1S/C16H22FNO/c1-11(2)18-9-8-16(3,4)14-10-12-6-5-7-13(17)15(12)19-14/h5-7,10-11,18H,8-9H2,1-4H3. The normalized spacial score (nSPS) is 12.5. The SMILES string of the molecule is CC(C)NCCC(C)(C)c1cc2cccc(F)c2o1. The van der Waals surface area contributed by atoms with E-state index in [1.165, 1.54) is 6.07 Å². The highest BCUT2D eigenvalue weighted by atomic mass is 19.1. The van der Waals surface area contributed by atoms with Crippen LogP contribution < -0.4 is 5.32 Å². The molecule has 2 nitrogen and oxygen atoms in total. The van der Waals surface area contributed by atoms with Crippen LogP contribution in [-0.2, 0) is 5.41 Å². The molecule has 0 spiro atoms. The van der Waals surface area contributed by atoms with Crippen molar-refractivity contribution in [3.63, 3.8) is 0 Å². The van der Waals surface area contributed by atoms with Crippen LogP contribution in [0.2, 0.25) is 0 Å². The molecule has 0 aliphatic rings. The minimum Gasteiger partial charge on any atom is -0.457 e. The average Bonchev–Trinajstić information content (AvgIpc) is 2.74. The van der Waals surface area contributed by atoms with E-state index in [0.29, 0.717) is 11.6 Å². The van der Waals surface area contributed by atoms with Crippen LogP contribution >= 0.6 is 0 Å². The van der Waals surface area contributed by atoms with Gasteiger partial charge in [0.1, 0.15) is 5.76 Å². The second-order valence-electron chi connectivity index (χ2n) is 6.01. The summed E-state index contributed by atoms with van der Waals surface area (Å²) >= 11 is 0. The molecule has 0 amide bonds. The Morgan fingerprint density at radius 1 is 1.32 bits per heavy atom. The Kier molecular flexibility index (Phi) is 3.95. The Labute approximate surface area is 114 Å². The third kappa shape index (κ3) is 3.16. The number of para-hydroxylation sites is 1. The van der Waals surface area contributed by atoms with Crippen molar-refractivity contribution in [1.82, 2.24) is 5.32 Å². The van der Waals surface area contributed by atoms with Gasteiger partial charge in [-0.3, -0.25) is 0 Å². The van der Waals surface area contributed by atoms with Gasteiger partial charge < -0.3 is 9.73 Å². The molecule has 0 atom stereocenters. The molecule has 0 fully saturated rings. The zero-order valence-electron chi connectivity index (χ0n) is 12.1. The summed E-state index contributed by atoms with van der Waals surface area (Å²) in [5.74, 6) is 0.554. The van der Waals surface area contributed by atoms with Gasteiger partial charge in [-0.05, 0) is 25.1 Å². The Morgan fingerprint density at radius 2 is 2.05 bits per heavy atom. The van der Waals surface area contributed by atoms with Crippen molar-refractivity contribution in [2.24, 2.45) is 0 Å². The summed E-state index contributed by atoms with van der Waals surface area (Å²) in [6.45, 7) is 9.44. The highest BCUT2D eigenvalue weighted by Crippen LogP contribution is 2.32. The lowest BCUT2D eigenvalue weighted by Crippen LogP contribution is -2.29. The highest BCUT2D eigenvalue weighted by Gasteiger charge is 2.25. The predicted octanol–water partition coefficient (Wildman–Crippen LogP) is 4.24. The first kappa shape index (κ1) is 14.1.